The fraction of sp³-hybridized carbons (Fsp3) is 0.381. The second-order valence-electron chi connectivity index (χ2n) is 7.63. The topological polar surface area (TPSA) is 66.5 Å². The van der Waals surface area contributed by atoms with E-state index in [0.717, 1.165) is 25.0 Å². The van der Waals surface area contributed by atoms with Crippen LogP contribution in [-0.4, -0.2) is 38.6 Å². The van der Waals surface area contributed by atoms with Crippen LogP contribution in [0.1, 0.15) is 35.7 Å². The Morgan fingerprint density at radius 2 is 1.81 bits per heavy atom. The van der Waals surface area contributed by atoms with Crippen molar-refractivity contribution in [2.24, 2.45) is 5.92 Å². The molecule has 1 fully saturated rings. The van der Waals surface area contributed by atoms with Crippen LogP contribution in [0.2, 0.25) is 5.02 Å². The van der Waals surface area contributed by atoms with E-state index in [2.05, 4.69) is 6.92 Å². The molecule has 0 atom stereocenters. The summed E-state index contributed by atoms with van der Waals surface area (Å²) < 4.78 is 67.9. The van der Waals surface area contributed by atoms with E-state index in [1.54, 1.807) is 11.2 Å². The normalized spacial score (nSPS) is 15.6. The molecule has 2 aromatic carbocycles. The van der Waals surface area contributed by atoms with E-state index in [4.69, 9.17) is 11.6 Å². The number of nitrogens with zero attached hydrogens (tertiary/aromatic N) is 1. The number of benzene rings is 2. The quantitative estimate of drug-likeness (QED) is 0.524. The SMILES string of the molecule is CSc1ccc(S(=O)(=O)Nc2ccc(Cl)cc2C(F)(F)F)cc1C(=O)N1CCC(C)CC1. The first-order valence-corrected chi connectivity index (χ1v) is 12.9. The highest BCUT2D eigenvalue weighted by Crippen LogP contribution is 2.37. The lowest BCUT2D eigenvalue weighted by Crippen LogP contribution is -2.38. The number of anilines is 1. The number of halogens is 4. The van der Waals surface area contributed by atoms with Gasteiger partial charge in [-0.2, -0.15) is 13.2 Å². The Morgan fingerprint density at radius 3 is 2.41 bits per heavy atom. The second kappa shape index (κ2) is 9.52. The zero-order valence-corrected chi connectivity index (χ0v) is 19.8. The highest BCUT2D eigenvalue weighted by Gasteiger charge is 2.35. The van der Waals surface area contributed by atoms with Gasteiger partial charge >= 0.3 is 6.18 Å². The van der Waals surface area contributed by atoms with Gasteiger partial charge in [0, 0.05) is 23.0 Å². The fourth-order valence-corrected chi connectivity index (χ4v) is 5.30. The van der Waals surface area contributed by atoms with E-state index in [0.29, 0.717) is 30.0 Å². The van der Waals surface area contributed by atoms with Crippen LogP contribution in [0.5, 0.6) is 0 Å². The number of carbonyl (C=O) groups excluding carboxylic acids is 1. The monoisotopic (exact) mass is 506 g/mol. The third-order valence-corrected chi connectivity index (χ3v) is 7.71. The molecule has 1 N–H and O–H groups in total. The molecule has 174 valence electrons. The van der Waals surface area contributed by atoms with Crippen LogP contribution in [-0.2, 0) is 16.2 Å². The molecule has 1 aliphatic heterocycles. The average Bonchev–Trinajstić information content (AvgIpc) is 2.73. The van der Waals surface area contributed by atoms with Crippen LogP contribution < -0.4 is 4.72 Å². The number of thioether (sulfide) groups is 1. The van der Waals surface area contributed by atoms with Crippen LogP contribution in [0.15, 0.2) is 46.2 Å². The summed E-state index contributed by atoms with van der Waals surface area (Å²) in [5, 5.41) is -0.173. The summed E-state index contributed by atoms with van der Waals surface area (Å²) in [4.78, 5) is 15.1. The Bertz CT molecular complexity index is 1120. The number of carbonyl (C=O) groups is 1. The van der Waals surface area contributed by atoms with Crippen molar-refractivity contribution in [3.8, 4) is 0 Å². The molecule has 1 amide bonds. The van der Waals surface area contributed by atoms with Crippen LogP contribution >= 0.6 is 23.4 Å². The van der Waals surface area contributed by atoms with Gasteiger partial charge in [-0.25, -0.2) is 8.42 Å². The Labute approximate surface area is 194 Å². The molecule has 0 bridgehead atoms. The van der Waals surface area contributed by atoms with E-state index in [1.807, 2.05) is 4.72 Å². The molecule has 0 aliphatic carbocycles. The Balaban J connectivity index is 1.96. The summed E-state index contributed by atoms with van der Waals surface area (Å²) >= 11 is 6.95. The number of hydrogen-bond donors (Lipinski definition) is 1. The Morgan fingerprint density at radius 1 is 1.16 bits per heavy atom. The maximum atomic E-state index is 13.4. The lowest BCUT2D eigenvalue weighted by molar-refractivity contribution is -0.136. The van der Waals surface area contributed by atoms with Crippen molar-refractivity contribution >= 4 is 45.0 Å². The molecular weight excluding hydrogens is 485 g/mol. The van der Waals surface area contributed by atoms with Crippen LogP contribution in [0.25, 0.3) is 0 Å². The van der Waals surface area contributed by atoms with Crippen LogP contribution in [0.4, 0.5) is 18.9 Å². The fourth-order valence-electron chi connectivity index (χ4n) is 3.45. The number of alkyl halides is 3. The number of rotatable bonds is 5. The average molecular weight is 507 g/mol. The number of nitrogens with one attached hydrogen (secondary N) is 1. The minimum absolute atomic E-state index is 0.173. The second-order valence-corrected chi connectivity index (χ2v) is 10.6. The largest absolute Gasteiger partial charge is 0.418 e. The smallest absolute Gasteiger partial charge is 0.339 e. The van der Waals surface area contributed by atoms with Crippen molar-refractivity contribution < 1.29 is 26.4 Å². The molecule has 0 radical (unpaired) electrons. The van der Waals surface area contributed by atoms with Gasteiger partial charge < -0.3 is 4.90 Å². The number of piperidine rings is 1. The third kappa shape index (κ3) is 5.52. The van der Waals surface area contributed by atoms with Gasteiger partial charge in [-0.15, -0.1) is 11.8 Å². The van der Waals surface area contributed by atoms with E-state index >= 15 is 0 Å². The lowest BCUT2D eigenvalue weighted by atomic mass is 9.98. The van der Waals surface area contributed by atoms with Gasteiger partial charge in [0.2, 0.25) is 0 Å². The highest BCUT2D eigenvalue weighted by atomic mass is 35.5. The molecule has 0 saturated carbocycles. The van der Waals surface area contributed by atoms with Crippen LogP contribution in [0, 0.1) is 5.92 Å². The maximum Gasteiger partial charge on any atom is 0.418 e. The molecule has 2 aromatic rings. The summed E-state index contributed by atoms with van der Waals surface area (Å²) in [5.41, 5.74) is -1.64. The van der Waals surface area contributed by atoms with Gasteiger partial charge in [-0.05, 0) is 61.4 Å². The van der Waals surface area contributed by atoms with E-state index in [9.17, 15) is 26.4 Å². The van der Waals surface area contributed by atoms with Gasteiger partial charge in [0.25, 0.3) is 15.9 Å². The van der Waals surface area contributed by atoms with Crippen LogP contribution in [0.3, 0.4) is 0 Å². The number of hydrogen-bond acceptors (Lipinski definition) is 4. The number of amides is 1. The van der Waals surface area contributed by atoms with Crippen molar-refractivity contribution in [2.75, 3.05) is 24.1 Å². The first kappa shape index (κ1) is 24.7. The minimum Gasteiger partial charge on any atom is -0.339 e. The molecule has 3 rings (SSSR count). The van der Waals surface area contributed by atoms with Gasteiger partial charge in [-0.3, -0.25) is 9.52 Å². The summed E-state index contributed by atoms with van der Waals surface area (Å²) in [7, 11) is -4.40. The number of likely N-dealkylation sites (tertiary alicyclic amines) is 1. The van der Waals surface area contributed by atoms with Crippen molar-refractivity contribution in [1.82, 2.24) is 4.90 Å². The molecule has 1 saturated heterocycles. The predicted octanol–water partition coefficient (Wildman–Crippen LogP) is 5.75. The van der Waals surface area contributed by atoms with Gasteiger partial charge in [-0.1, -0.05) is 18.5 Å². The predicted molar refractivity (Wildman–Crippen MR) is 120 cm³/mol. The first-order chi connectivity index (χ1) is 14.9. The summed E-state index contributed by atoms with van der Waals surface area (Å²) in [5.74, 6) is 0.220. The molecule has 1 aliphatic rings. The van der Waals surface area contributed by atoms with Crippen molar-refractivity contribution in [1.29, 1.82) is 0 Å². The Kier molecular flexibility index (Phi) is 7.36. The Hall–Kier alpha value is -1.91. The van der Waals surface area contributed by atoms with Crippen molar-refractivity contribution in [3.63, 3.8) is 0 Å². The highest BCUT2D eigenvalue weighted by molar-refractivity contribution is 7.98. The van der Waals surface area contributed by atoms with E-state index < -0.39 is 27.5 Å². The summed E-state index contributed by atoms with van der Waals surface area (Å²) in [6.07, 6.45) is -1.33. The molecule has 1 heterocycles. The molecule has 32 heavy (non-hydrogen) atoms. The summed E-state index contributed by atoms with van der Waals surface area (Å²) in [6.45, 7) is 3.26. The van der Waals surface area contributed by atoms with Crippen molar-refractivity contribution in [3.05, 3.63) is 52.5 Å². The van der Waals surface area contributed by atoms with Gasteiger partial charge in [0.1, 0.15) is 0 Å². The molecule has 5 nitrogen and oxygen atoms in total. The lowest BCUT2D eigenvalue weighted by Gasteiger charge is -2.30. The molecule has 0 unspecified atom stereocenters. The zero-order valence-electron chi connectivity index (χ0n) is 17.4. The number of sulfonamides is 1. The molecular formula is C21H22ClF3N2O3S2. The standard InChI is InChI=1S/C21H22ClF3N2O3S2/c1-13-7-9-27(10-8-13)20(28)16-12-15(4-6-19(16)31-2)32(29,30)26-18-5-3-14(22)11-17(18)21(23,24)25/h3-6,11-13,26H,7-10H2,1-2H3. The maximum absolute atomic E-state index is 13.4. The van der Waals surface area contributed by atoms with Gasteiger partial charge in [0.15, 0.2) is 0 Å². The third-order valence-electron chi connectivity index (χ3n) is 5.31. The van der Waals surface area contributed by atoms with E-state index in [-0.39, 0.29) is 21.4 Å². The molecule has 0 spiro atoms. The molecule has 0 aromatic heterocycles. The first-order valence-electron chi connectivity index (χ1n) is 9.79. The van der Waals surface area contributed by atoms with E-state index in [1.165, 1.54) is 30.0 Å². The molecule has 11 heteroatoms. The summed E-state index contributed by atoms with van der Waals surface area (Å²) in [6, 6.07) is 6.76. The zero-order chi connectivity index (χ0) is 23.7. The minimum atomic E-state index is -4.81. The van der Waals surface area contributed by atoms with Crippen molar-refractivity contribution in [2.45, 2.75) is 35.7 Å². The van der Waals surface area contributed by atoms with Gasteiger partial charge in [0.05, 0.1) is 21.7 Å².